The fraction of sp³-hybridized carbons (Fsp3) is 0.235. The first-order valence-electron chi connectivity index (χ1n) is 6.74. The first-order valence-corrected chi connectivity index (χ1v) is 7.12. The highest BCUT2D eigenvalue weighted by Gasteiger charge is 2.44. The van der Waals surface area contributed by atoms with E-state index in [-0.39, 0.29) is 5.78 Å². The van der Waals surface area contributed by atoms with E-state index in [0.717, 1.165) is 12.8 Å². The number of ketones is 1. The van der Waals surface area contributed by atoms with E-state index in [1.54, 1.807) is 18.2 Å². The van der Waals surface area contributed by atoms with E-state index in [2.05, 4.69) is 12.1 Å². The van der Waals surface area contributed by atoms with Crippen LogP contribution in [0.25, 0.3) is 0 Å². The van der Waals surface area contributed by atoms with Crippen LogP contribution in [-0.4, -0.2) is 11.4 Å². The van der Waals surface area contributed by atoms with Gasteiger partial charge in [0.25, 0.3) is 0 Å². The Bertz CT molecular complexity index is 696. The van der Waals surface area contributed by atoms with E-state index in [9.17, 15) is 4.79 Å². The van der Waals surface area contributed by atoms with Crippen LogP contribution in [0.1, 0.15) is 27.9 Å². The number of Topliss-reactive ketones (excluding diaryl/α,β-unsaturated/α-hetero) is 1. The Labute approximate surface area is 122 Å². The van der Waals surface area contributed by atoms with Crippen molar-refractivity contribution in [2.75, 3.05) is 0 Å². The van der Waals surface area contributed by atoms with Crippen molar-refractivity contribution in [2.45, 2.75) is 24.9 Å². The first kappa shape index (κ1) is 12.0. The molecule has 2 aromatic rings. The summed E-state index contributed by atoms with van der Waals surface area (Å²) >= 11 is 5.96. The van der Waals surface area contributed by atoms with Crippen molar-refractivity contribution in [1.82, 2.24) is 0 Å². The Morgan fingerprint density at radius 1 is 1.00 bits per heavy atom. The fourth-order valence-electron chi connectivity index (χ4n) is 3.32. The molecule has 4 rings (SSSR count). The molecule has 0 radical (unpaired) electrons. The van der Waals surface area contributed by atoms with Gasteiger partial charge in [-0.2, -0.15) is 0 Å². The minimum atomic E-state index is -0.401. The van der Waals surface area contributed by atoms with E-state index >= 15 is 0 Å². The molecule has 0 saturated carbocycles. The summed E-state index contributed by atoms with van der Waals surface area (Å²) in [6.45, 7) is 0. The van der Waals surface area contributed by atoms with Gasteiger partial charge in [0.15, 0.2) is 5.78 Å². The van der Waals surface area contributed by atoms with Gasteiger partial charge >= 0.3 is 0 Å². The van der Waals surface area contributed by atoms with Gasteiger partial charge in [-0.15, -0.1) is 0 Å². The Morgan fingerprint density at radius 2 is 1.70 bits per heavy atom. The number of hydrogen-bond donors (Lipinski definition) is 0. The minimum absolute atomic E-state index is 0.126. The number of halogens is 1. The lowest BCUT2D eigenvalue weighted by molar-refractivity contribution is 0.0472. The normalized spacial score (nSPS) is 18.6. The summed E-state index contributed by atoms with van der Waals surface area (Å²) in [6, 6.07) is 13.6. The number of carbonyl (C=O) groups is 1. The van der Waals surface area contributed by atoms with E-state index in [1.165, 1.54) is 11.1 Å². The summed E-state index contributed by atoms with van der Waals surface area (Å²) in [4.78, 5) is 12.4. The quantitative estimate of drug-likeness (QED) is 0.735. The molecule has 2 nitrogen and oxygen atoms in total. The van der Waals surface area contributed by atoms with E-state index in [4.69, 9.17) is 16.3 Å². The highest BCUT2D eigenvalue weighted by molar-refractivity contribution is 6.31. The molecule has 0 amide bonds. The zero-order chi connectivity index (χ0) is 13.7. The average Bonchev–Trinajstić information content (AvgIpc) is 2.77. The van der Waals surface area contributed by atoms with Gasteiger partial charge in [-0.05, 0) is 29.3 Å². The van der Waals surface area contributed by atoms with Gasteiger partial charge in [0, 0.05) is 17.9 Å². The molecule has 1 heterocycles. The van der Waals surface area contributed by atoms with Crippen LogP contribution in [0.5, 0.6) is 5.75 Å². The van der Waals surface area contributed by atoms with Crippen molar-refractivity contribution in [3.05, 3.63) is 64.2 Å². The summed E-state index contributed by atoms with van der Waals surface area (Å²) in [7, 11) is 0. The van der Waals surface area contributed by atoms with Crippen LogP contribution in [0.4, 0.5) is 0 Å². The third kappa shape index (κ3) is 1.75. The third-order valence-electron chi connectivity index (χ3n) is 4.19. The number of ether oxygens (including phenoxy) is 1. The fourth-order valence-corrected chi connectivity index (χ4v) is 3.49. The minimum Gasteiger partial charge on any atom is -0.485 e. The van der Waals surface area contributed by atoms with Gasteiger partial charge < -0.3 is 4.74 Å². The molecule has 1 aliphatic heterocycles. The summed E-state index contributed by atoms with van der Waals surface area (Å²) < 4.78 is 6.21. The second-order valence-electron chi connectivity index (χ2n) is 5.65. The number of carbonyl (C=O) groups excluding carboxylic acids is 1. The standard InChI is InChI=1S/C17H13ClO2/c18-13-5-6-16-14(7-13)15(19)10-17(20-16)8-11-3-1-2-4-12(11)9-17/h1-7H,8-10H2. The molecular formula is C17H13ClO2. The second-order valence-corrected chi connectivity index (χ2v) is 6.08. The van der Waals surface area contributed by atoms with Crippen LogP contribution < -0.4 is 4.74 Å². The lowest BCUT2D eigenvalue weighted by Crippen LogP contribution is -2.42. The van der Waals surface area contributed by atoms with Crippen LogP contribution in [0.2, 0.25) is 5.02 Å². The Balaban J connectivity index is 1.75. The van der Waals surface area contributed by atoms with Gasteiger partial charge in [-0.3, -0.25) is 4.79 Å². The monoisotopic (exact) mass is 284 g/mol. The Hall–Kier alpha value is -1.80. The highest BCUT2D eigenvalue weighted by atomic mass is 35.5. The Kier molecular flexibility index (Phi) is 2.45. The maximum Gasteiger partial charge on any atom is 0.170 e. The number of fused-ring (bicyclic) bond motifs is 2. The summed E-state index contributed by atoms with van der Waals surface area (Å²) in [5.41, 5.74) is 2.79. The molecular weight excluding hydrogens is 272 g/mol. The van der Waals surface area contributed by atoms with Crippen LogP contribution in [0.3, 0.4) is 0 Å². The highest BCUT2D eigenvalue weighted by Crippen LogP contribution is 2.42. The van der Waals surface area contributed by atoms with E-state index in [0.29, 0.717) is 22.8 Å². The average molecular weight is 285 g/mol. The summed E-state index contributed by atoms with van der Waals surface area (Å²) in [5.74, 6) is 0.792. The molecule has 0 saturated heterocycles. The predicted molar refractivity (Wildman–Crippen MR) is 77.6 cm³/mol. The molecule has 0 bridgehead atoms. The zero-order valence-corrected chi connectivity index (χ0v) is 11.6. The molecule has 2 aliphatic rings. The largest absolute Gasteiger partial charge is 0.485 e. The van der Waals surface area contributed by atoms with Gasteiger partial charge in [-0.1, -0.05) is 35.9 Å². The molecule has 0 N–H and O–H groups in total. The van der Waals surface area contributed by atoms with Crippen molar-refractivity contribution < 1.29 is 9.53 Å². The summed E-state index contributed by atoms with van der Waals surface area (Å²) in [5, 5.41) is 0.575. The van der Waals surface area contributed by atoms with Crippen molar-refractivity contribution >= 4 is 17.4 Å². The topological polar surface area (TPSA) is 26.3 Å². The van der Waals surface area contributed by atoms with Crippen LogP contribution >= 0.6 is 11.6 Å². The van der Waals surface area contributed by atoms with E-state index < -0.39 is 5.60 Å². The molecule has 20 heavy (non-hydrogen) atoms. The molecule has 0 atom stereocenters. The first-order chi connectivity index (χ1) is 9.65. The Morgan fingerprint density at radius 3 is 2.40 bits per heavy atom. The molecule has 1 spiro atoms. The SMILES string of the molecule is O=C1CC2(Cc3ccccc3C2)Oc2ccc(Cl)cc21. The van der Waals surface area contributed by atoms with Gasteiger partial charge in [0.1, 0.15) is 11.4 Å². The molecule has 3 heteroatoms. The predicted octanol–water partition coefficient (Wildman–Crippen LogP) is 3.84. The molecule has 2 aromatic carbocycles. The van der Waals surface area contributed by atoms with Crippen molar-refractivity contribution in [3.63, 3.8) is 0 Å². The molecule has 0 fully saturated rings. The number of hydrogen-bond acceptors (Lipinski definition) is 2. The lowest BCUT2D eigenvalue weighted by Gasteiger charge is -2.34. The number of rotatable bonds is 0. The van der Waals surface area contributed by atoms with E-state index in [1.807, 2.05) is 12.1 Å². The zero-order valence-electron chi connectivity index (χ0n) is 10.9. The molecule has 0 unspecified atom stereocenters. The molecule has 100 valence electrons. The smallest absolute Gasteiger partial charge is 0.170 e. The van der Waals surface area contributed by atoms with Crippen molar-refractivity contribution in [2.24, 2.45) is 0 Å². The molecule has 1 aliphatic carbocycles. The van der Waals surface area contributed by atoms with Gasteiger partial charge in [0.2, 0.25) is 0 Å². The maximum atomic E-state index is 12.4. The second kappa shape index (κ2) is 4.10. The lowest BCUT2D eigenvalue weighted by atomic mass is 9.87. The van der Waals surface area contributed by atoms with Crippen LogP contribution in [0.15, 0.2) is 42.5 Å². The number of benzene rings is 2. The third-order valence-corrected chi connectivity index (χ3v) is 4.43. The van der Waals surface area contributed by atoms with Crippen molar-refractivity contribution in [1.29, 1.82) is 0 Å². The molecule has 0 aromatic heterocycles. The maximum absolute atomic E-state index is 12.4. The summed E-state index contributed by atoms with van der Waals surface area (Å²) in [6.07, 6.45) is 2.03. The van der Waals surface area contributed by atoms with Crippen LogP contribution in [0, 0.1) is 0 Å². The van der Waals surface area contributed by atoms with Crippen LogP contribution in [-0.2, 0) is 12.8 Å². The van der Waals surface area contributed by atoms with Gasteiger partial charge in [-0.25, -0.2) is 0 Å². The van der Waals surface area contributed by atoms with Crippen molar-refractivity contribution in [3.8, 4) is 5.75 Å². The van der Waals surface area contributed by atoms with Gasteiger partial charge in [0.05, 0.1) is 12.0 Å².